The number of aryl methyl sites for hydroxylation is 1. The summed E-state index contributed by atoms with van der Waals surface area (Å²) in [5.41, 5.74) is 1.34. The second kappa shape index (κ2) is 13.0. The highest BCUT2D eigenvalue weighted by Gasteiger charge is 2.56. The zero-order chi connectivity index (χ0) is 33.6. The summed E-state index contributed by atoms with van der Waals surface area (Å²) in [6.45, 7) is 5.49. The molecule has 0 bridgehead atoms. The van der Waals surface area contributed by atoms with Gasteiger partial charge < -0.3 is 15.4 Å². The number of carbonyl (C=O) groups is 2. The lowest BCUT2D eigenvalue weighted by Crippen LogP contribution is -2.56. The molecule has 1 spiro atoms. The fourth-order valence-corrected chi connectivity index (χ4v) is 8.19. The molecule has 3 atom stereocenters. The van der Waals surface area contributed by atoms with Gasteiger partial charge >= 0.3 is 0 Å². The number of anilines is 1. The van der Waals surface area contributed by atoms with Crippen molar-refractivity contribution in [2.24, 2.45) is 0 Å². The van der Waals surface area contributed by atoms with Crippen molar-refractivity contribution in [2.75, 3.05) is 11.6 Å². The summed E-state index contributed by atoms with van der Waals surface area (Å²) < 4.78 is 32.8. The zero-order valence-electron chi connectivity index (χ0n) is 25.7. The lowest BCUT2D eigenvalue weighted by Gasteiger charge is -2.53. The number of hydrogen-bond acceptors (Lipinski definition) is 6. The Morgan fingerprint density at radius 1 is 1.02 bits per heavy atom. The van der Waals surface area contributed by atoms with E-state index in [2.05, 4.69) is 15.4 Å². The van der Waals surface area contributed by atoms with Crippen LogP contribution in [0.5, 0.6) is 5.75 Å². The third kappa shape index (κ3) is 6.47. The highest BCUT2D eigenvalue weighted by atomic mass is 35.5. The summed E-state index contributed by atoms with van der Waals surface area (Å²) in [5, 5.41) is 7.94. The van der Waals surface area contributed by atoms with Crippen LogP contribution in [0.15, 0.2) is 54.6 Å². The molecule has 2 heterocycles. The van der Waals surface area contributed by atoms with Gasteiger partial charge in [-0.25, -0.2) is 13.1 Å². The van der Waals surface area contributed by atoms with E-state index < -0.39 is 38.9 Å². The molecule has 8 nitrogen and oxygen atoms in total. The van der Waals surface area contributed by atoms with E-state index >= 15 is 0 Å². The molecule has 0 radical (unpaired) electrons. The van der Waals surface area contributed by atoms with Gasteiger partial charge in [0.1, 0.15) is 5.75 Å². The number of hydrogen-bond donors (Lipinski definition) is 3. The standard InChI is InChI=1S/C33H34Cl3N3O5S2/c1-5-32(6-2,31(41)39-46(4,42)43)44-27-12-10-20(35)14-23(27)25-16-29(45)38-30(22-13-19(34)8-7-18(22)3)33(25)17-28(40)37-26-15-21(36)9-11-24(26)33/h7-15,25,30H,5-6,16-17H2,1-4H3,(H,37,40)(H,38,45)(H,39,41). The first-order valence-corrected chi connectivity index (χ1v) is 18.2. The minimum absolute atomic E-state index is 0.0613. The van der Waals surface area contributed by atoms with E-state index in [1.165, 1.54) is 0 Å². The van der Waals surface area contributed by atoms with Crippen LogP contribution in [-0.4, -0.2) is 37.1 Å². The number of sulfonamides is 1. The van der Waals surface area contributed by atoms with Gasteiger partial charge in [-0.3, -0.25) is 9.59 Å². The Labute approximate surface area is 289 Å². The molecule has 5 rings (SSSR count). The minimum atomic E-state index is -3.87. The van der Waals surface area contributed by atoms with Gasteiger partial charge in [0.2, 0.25) is 15.9 Å². The maximum atomic E-state index is 13.7. The molecule has 1 saturated heterocycles. The summed E-state index contributed by atoms with van der Waals surface area (Å²) in [7, 11) is -3.87. The predicted molar refractivity (Wildman–Crippen MR) is 187 cm³/mol. The van der Waals surface area contributed by atoms with Gasteiger partial charge in [0, 0.05) is 50.5 Å². The van der Waals surface area contributed by atoms with Gasteiger partial charge in [0.25, 0.3) is 5.91 Å². The van der Waals surface area contributed by atoms with Crippen LogP contribution in [0.1, 0.15) is 73.7 Å². The van der Waals surface area contributed by atoms with E-state index in [1.807, 2.05) is 31.2 Å². The van der Waals surface area contributed by atoms with Gasteiger partial charge in [0.05, 0.1) is 17.3 Å². The summed E-state index contributed by atoms with van der Waals surface area (Å²) in [6.07, 6.45) is 1.65. The highest BCUT2D eigenvalue weighted by Crippen LogP contribution is 2.59. The molecule has 3 N–H and O–H groups in total. The normalized spacial score (nSPS) is 21.3. The Morgan fingerprint density at radius 2 is 1.63 bits per heavy atom. The molecular weight excluding hydrogens is 689 g/mol. The van der Waals surface area contributed by atoms with Gasteiger partial charge in [0.15, 0.2) is 5.60 Å². The molecule has 3 aromatic rings. The van der Waals surface area contributed by atoms with E-state index in [0.29, 0.717) is 43.5 Å². The molecule has 0 saturated carbocycles. The number of fused-ring (bicyclic) bond motifs is 2. The van der Waals surface area contributed by atoms with Gasteiger partial charge in [-0.2, -0.15) is 0 Å². The van der Waals surface area contributed by atoms with E-state index in [1.54, 1.807) is 44.2 Å². The quantitative estimate of drug-likeness (QED) is 0.208. The van der Waals surface area contributed by atoms with Crippen molar-refractivity contribution in [3.8, 4) is 5.75 Å². The molecule has 13 heteroatoms. The smallest absolute Gasteiger partial charge is 0.277 e. The van der Waals surface area contributed by atoms with Gasteiger partial charge in [-0.15, -0.1) is 0 Å². The number of carbonyl (C=O) groups excluding carboxylic acids is 2. The first kappa shape index (κ1) is 34.4. The highest BCUT2D eigenvalue weighted by molar-refractivity contribution is 7.89. The summed E-state index contributed by atoms with van der Waals surface area (Å²) in [4.78, 5) is 27.7. The van der Waals surface area contributed by atoms with Crippen molar-refractivity contribution in [3.63, 3.8) is 0 Å². The molecular formula is C33H34Cl3N3O5S2. The third-order valence-electron chi connectivity index (χ3n) is 9.08. The average Bonchev–Trinajstić information content (AvgIpc) is 2.97. The van der Waals surface area contributed by atoms with Crippen molar-refractivity contribution in [1.82, 2.24) is 10.0 Å². The maximum Gasteiger partial charge on any atom is 0.277 e. The monoisotopic (exact) mass is 721 g/mol. The minimum Gasteiger partial charge on any atom is -0.477 e. The van der Waals surface area contributed by atoms with Gasteiger partial charge in [-0.05, 0) is 78.9 Å². The number of piperidine rings is 1. The predicted octanol–water partition coefficient (Wildman–Crippen LogP) is 7.39. The van der Waals surface area contributed by atoms with E-state index in [-0.39, 0.29) is 25.2 Å². The Balaban J connectivity index is 1.79. The van der Waals surface area contributed by atoms with Crippen molar-refractivity contribution in [3.05, 3.63) is 91.9 Å². The molecule has 2 aliphatic rings. The Kier molecular flexibility index (Phi) is 9.70. The lowest BCUT2D eigenvalue weighted by atomic mass is 9.55. The fourth-order valence-electron chi connectivity index (χ4n) is 6.85. The van der Waals surface area contributed by atoms with Crippen LogP contribution in [0.4, 0.5) is 5.69 Å². The van der Waals surface area contributed by atoms with Crippen molar-refractivity contribution >= 4 is 79.5 Å². The summed E-state index contributed by atoms with van der Waals surface area (Å²) in [6, 6.07) is 15.6. The van der Waals surface area contributed by atoms with Crippen LogP contribution in [0.2, 0.25) is 15.1 Å². The molecule has 0 aliphatic carbocycles. The van der Waals surface area contributed by atoms with Crippen LogP contribution in [0.3, 0.4) is 0 Å². The number of nitrogens with one attached hydrogen (secondary N) is 3. The number of halogens is 3. The number of benzene rings is 3. The molecule has 244 valence electrons. The Hall–Kier alpha value is -2.89. The first-order valence-electron chi connectivity index (χ1n) is 14.8. The van der Waals surface area contributed by atoms with E-state index in [4.69, 9.17) is 51.8 Å². The first-order chi connectivity index (χ1) is 21.6. The number of ether oxygens (including phenoxy) is 1. The number of rotatable bonds is 8. The van der Waals surface area contributed by atoms with Crippen molar-refractivity contribution < 1.29 is 22.7 Å². The SMILES string of the molecule is CCC(CC)(Oc1ccc(Cl)cc1C1CC(=S)NC(c2cc(Cl)ccc2C)C12CC(=O)Nc1cc(Cl)ccc12)C(=O)NS(C)(=O)=O. The molecule has 3 unspecified atom stereocenters. The Bertz CT molecular complexity index is 1850. The number of thiocarbonyl (C=S) groups is 1. The topological polar surface area (TPSA) is 114 Å². The van der Waals surface area contributed by atoms with Crippen LogP contribution in [0.25, 0.3) is 0 Å². The summed E-state index contributed by atoms with van der Waals surface area (Å²) in [5.74, 6) is -1.17. The van der Waals surface area contributed by atoms with E-state index in [9.17, 15) is 18.0 Å². The molecule has 46 heavy (non-hydrogen) atoms. The summed E-state index contributed by atoms with van der Waals surface area (Å²) >= 11 is 25.5. The maximum absolute atomic E-state index is 13.7. The molecule has 2 amide bonds. The van der Waals surface area contributed by atoms with Crippen LogP contribution < -0.4 is 20.1 Å². The largest absolute Gasteiger partial charge is 0.477 e. The van der Waals surface area contributed by atoms with E-state index in [0.717, 1.165) is 22.9 Å². The molecule has 2 aliphatic heterocycles. The average molecular weight is 723 g/mol. The van der Waals surface area contributed by atoms with Crippen molar-refractivity contribution in [1.29, 1.82) is 0 Å². The Morgan fingerprint density at radius 3 is 2.28 bits per heavy atom. The zero-order valence-corrected chi connectivity index (χ0v) is 29.6. The van der Waals surface area contributed by atoms with Crippen LogP contribution in [0, 0.1) is 6.92 Å². The second-order valence-corrected chi connectivity index (χ2v) is 15.5. The number of amides is 2. The lowest BCUT2D eigenvalue weighted by molar-refractivity contribution is -0.135. The molecule has 3 aromatic carbocycles. The molecule has 0 aromatic heterocycles. The van der Waals surface area contributed by atoms with Crippen LogP contribution >= 0.6 is 47.0 Å². The second-order valence-electron chi connectivity index (χ2n) is 11.9. The molecule has 1 fully saturated rings. The fraction of sp³-hybridized carbons (Fsp3) is 0.364. The van der Waals surface area contributed by atoms with Crippen molar-refractivity contribution in [2.45, 2.75) is 69.4 Å². The van der Waals surface area contributed by atoms with Crippen LogP contribution in [-0.2, 0) is 25.0 Å². The van der Waals surface area contributed by atoms with Gasteiger partial charge in [-0.1, -0.05) is 73.0 Å². The third-order valence-corrected chi connectivity index (χ3v) is 10.6.